The average Bonchev–Trinajstić information content (AvgIpc) is 2.44. The molecule has 0 aromatic heterocycles. The molecule has 20 heavy (non-hydrogen) atoms. The van der Waals surface area contributed by atoms with Crippen molar-refractivity contribution in [3.8, 4) is 0 Å². The molecule has 0 aliphatic heterocycles. The van der Waals surface area contributed by atoms with E-state index in [2.05, 4.69) is 15.8 Å². The number of urea groups is 1. The van der Waals surface area contributed by atoms with E-state index in [9.17, 15) is 4.79 Å². The molecule has 4 nitrogen and oxygen atoms in total. The van der Waals surface area contributed by atoms with Gasteiger partial charge in [0.05, 0.1) is 16.9 Å². The summed E-state index contributed by atoms with van der Waals surface area (Å²) in [5.41, 5.74) is 3.70. The summed E-state index contributed by atoms with van der Waals surface area (Å²) in [5.74, 6) is 0. The average molecular weight is 308 g/mol. The number of nitrogens with one attached hydrogen (secondary N) is 2. The second kappa shape index (κ2) is 6.93. The van der Waals surface area contributed by atoms with Crippen LogP contribution in [0.4, 0.5) is 10.5 Å². The number of anilines is 1. The molecule has 0 radical (unpaired) electrons. The van der Waals surface area contributed by atoms with Gasteiger partial charge in [0, 0.05) is 5.02 Å². The Morgan fingerprint density at radius 2 is 1.75 bits per heavy atom. The van der Waals surface area contributed by atoms with Gasteiger partial charge >= 0.3 is 6.03 Å². The summed E-state index contributed by atoms with van der Waals surface area (Å²) in [6.07, 6.45) is 1.52. The fraction of sp³-hybridized carbons (Fsp3) is 0. The highest BCUT2D eigenvalue weighted by Crippen LogP contribution is 2.19. The van der Waals surface area contributed by atoms with Crippen molar-refractivity contribution in [2.75, 3.05) is 5.32 Å². The molecule has 2 N–H and O–H groups in total. The first-order chi connectivity index (χ1) is 9.65. The van der Waals surface area contributed by atoms with Crippen LogP contribution in [0.15, 0.2) is 53.6 Å². The number of hydrogen-bond donors (Lipinski definition) is 2. The number of hydrazone groups is 1. The minimum atomic E-state index is -0.469. The summed E-state index contributed by atoms with van der Waals surface area (Å²) in [7, 11) is 0. The van der Waals surface area contributed by atoms with E-state index in [0.29, 0.717) is 15.7 Å². The lowest BCUT2D eigenvalue weighted by molar-refractivity contribution is 0.252. The van der Waals surface area contributed by atoms with Crippen LogP contribution >= 0.6 is 23.2 Å². The Kier molecular flexibility index (Phi) is 4.98. The molecule has 0 fully saturated rings. The molecule has 0 atom stereocenters. The Labute approximate surface area is 126 Å². The minimum absolute atomic E-state index is 0.462. The number of carbonyl (C=O) groups excluding carboxylic acids is 1. The van der Waals surface area contributed by atoms with Gasteiger partial charge in [0.1, 0.15) is 0 Å². The van der Waals surface area contributed by atoms with Crippen LogP contribution in [0, 0.1) is 0 Å². The van der Waals surface area contributed by atoms with E-state index in [1.54, 1.807) is 48.5 Å². The topological polar surface area (TPSA) is 53.5 Å². The Hall–Kier alpha value is -2.04. The fourth-order valence-electron chi connectivity index (χ4n) is 1.43. The SMILES string of the molecule is O=C(N/N=C/c1ccc(Cl)cc1)Nc1ccccc1Cl. The number of hydrogen-bond acceptors (Lipinski definition) is 2. The van der Waals surface area contributed by atoms with Gasteiger partial charge in [-0.15, -0.1) is 0 Å². The first-order valence-corrected chi connectivity index (χ1v) is 6.51. The summed E-state index contributed by atoms with van der Waals surface area (Å²) in [5, 5.41) is 7.52. The number of amides is 2. The van der Waals surface area contributed by atoms with Crippen LogP contribution in [-0.2, 0) is 0 Å². The van der Waals surface area contributed by atoms with Crippen molar-refractivity contribution in [2.24, 2.45) is 5.10 Å². The lowest BCUT2D eigenvalue weighted by atomic mass is 10.2. The number of carbonyl (C=O) groups is 1. The van der Waals surface area contributed by atoms with Crippen LogP contribution < -0.4 is 10.7 Å². The zero-order valence-electron chi connectivity index (χ0n) is 10.3. The molecule has 0 unspecified atom stereocenters. The number of halogens is 2. The van der Waals surface area contributed by atoms with Crippen molar-refractivity contribution < 1.29 is 4.79 Å². The Balaban J connectivity index is 1.89. The molecule has 0 saturated carbocycles. The van der Waals surface area contributed by atoms with Crippen molar-refractivity contribution in [3.63, 3.8) is 0 Å². The van der Waals surface area contributed by atoms with Gasteiger partial charge in [0.2, 0.25) is 0 Å². The molecule has 0 saturated heterocycles. The van der Waals surface area contributed by atoms with E-state index in [1.165, 1.54) is 6.21 Å². The molecule has 0 aliphatic rings. The van der Waals surface area contributed by atoms with Gasteiger partial charge in [-0.1, -0.05) is 47.5 Å². The van der Waals surface area contributed by atoms with Crippen molar-refractivity contribution in [2.45, 2.75) is 0 Å². The normalized spacial score (nSPS) is 10.5. The zero-order valence-corrected chi connectivity index (χ0v) is 11.8. The molecule has 0 bridgehead atoms. The summed E-state index contributed by atoms with van der Waals surface area (Å²) < 4.78 is 0. The minimum Gasteiger partial charge on any atom is -0.305 e. The molecule has 102 valence electrons. The van der Waals surface area contributed by atoms with Gasteiger partial charge in [0.25, 0.3) is 0 Å². The van der Waals surface area contributed by atoms with Gasteiger partial charge < -0.3 is 5.32 Å². The van der Waals surface area contributed by atoms with Crippen LogP contribution in [0.2, 0.25) is 10.0 Å². The molecule has 0 heterocycles. The molecule has 2 rings (SSSR count). The highest BCUT2D eigenvalue weighted by atomic mass is 35.5. The number of para-hydroxylation sites is 1. The number of benzene rings is 2. The molecule has 0 aliphatic carbocycles. The smallest absolute Gasteiger partial charge is 0.305 e. The van der Waals surface area contributed by atoms with Crippen LogP contribution in [0.3, 0.4) is 0 Å². The Morgan fingerprint density at radius 3 is 2.45 bits per heavy atom. The second-order valence-corrected chi connectivity index (χ2v) is 4.70. The van der Waals surface area contributed by atoms with E-state index >= 15 is 0 Å². The van der Waals surface area contributed by atoms with E-state index in [1.807, 2.05) is 0 Å². The van der Waals surface area contributed by atoms with E-state index in [-0.39, 0.29) is 0 Å². The predicted molar refractivity (Wildman–Crippen MR) is 82.7 cm³/mol. The third-order valence-corrected chi connectivity index (χ3v) is 2.95. The first kappa shape index (κ1) is 14.4. The first-order valence-electron chi connectivity index (χ1n) is 5.75. The Morgan fingerprint density at radius 1 is 1.05 bits per heavy atom. The summed E-state index contributed by atoms with van der Waals surface area (Å²) >= 11 is 11.7. The number of rotatable bonds is 3. The van der Waals surface area contributed by atoms with Crippen LogP contribution in [-0.4, -0.2) is 12.2 Å². The molecule has 2 amide bonds. The van der Waals surface area contributed by atoms with Gasteiger partial charge in [-0.3, -0.25) is 0 Å². The standard InChI is InChI=1S/C14H11Cl2N3O/c15-11-7-5-10(6-8-11)9-17-19-14(20)18-13-4-2-1-3-12(13)16/h1-9H,(H2,18,19,20)/b17-9+. The maximum absolute atomic E-state index is 11.6. The maximum Gasteiger partial charge on any atom is 0.339 e. The summed E-state index contributed by atoms with van der Waals surface area (Å²) in [6.45, 7) is 0. The third kappa shape index (κ3) is 4.26. The van der Waals surface area contributed by atoms with E-state index in [0.717, 1.165) is 5.56 Å². The quantitative estimate of drug-likeness (QED) is 0.649. The second-order valence-electron chi connectivity index (χ2n) is 3.86. The molecule has 2 aromatic carbocycles. The monoisotopic (exact) mass is 307 g/mol. The lowest BCUT2D eigenvalue weighted by Crippen LogP contribution is -2.24. The fourth-order valence-corrected chi connectivity index (χ4v) is 1.74. The van der Waals surface area contributed by atoms with E-state index in [4.69, 9.17) is 23.2 Å². The lowest BCUT2D eigenvalue weighted by Gasteiger charge is -2.05. The highest BCUT2D eigenvalue weighted by molar-refractivity contribution is 6.33. The van der Waals surface area contributed by atoms with Crippen molar-refractivity contribution >= 4 is 41.1 Å². The summed E-state index contributed by atoms with van der Waals surface area (Å²) in [6, 6.07) is 13.5. The third-order valence-electron chi connectivity index (χ3n) is 2.37. The molecule has 6 heteroatoms. The highest BCUT2D eigenvalue weighted by Gasteiger charge is 2.02. The Bertz CT molecular complexity index is 627. The van der Waals surface area contributed by atoms with E-state index < -0.39 is 6.03 Å². The van der Waals surface area contributed by atoms with Crippen LogP contribution in [0.25, 0.3) is 0 Å². The molecular formula is C14H11Cl2N3O. The van der Waals surface area contributed by atoms with Crippen molar-refractivity contribution in [1.29, 1.82) is 0 Å². The molecule has 2 aromatic rings. The van der Waals surface area contributed by atoms with Gasteiger partial charge in [-0.25, -0.2) is 10.2 Å². The predicted octanol–water partition coefficient (Wildman–Crippen LogP) is 4.15. The van der Waals surface area contributed by atoms with Gasteiger partial charge in [-0.2, -0.15) is 5.10 Å². The van der Waals surface area contributed by atoms with Crippen LogP contribution in [0.5, 0.6) is 0 Å². The largest absolute Gasteiger partial charge is 0.339 e. The van der Waals surface area contributed by atoms with Crippen LogP contribution in [0.1, 0.15) is 5.56 Å². The molecule has 0 spiro atoms. The van der Waals surface area contributed by atoms with Gasteiger partial charge in [-0.05, 0) is 29.8 Å². The van der Waals surface area contributed by atoms with Crippen molar-refractivity contribution in [3.05, 3.63) is 64.1 Å². The number of nitrogens with zero attached hydrogens (tertiary/aromatic N) is 1. The summed E-state index contributed by atoms with van der Waals surface area (Å²) in [4.78, 5) is 11.6. The zero-order chi connectivity index (χ0) is 14.4. The van der Waals surface area contributed by atoms with Gasteiger partial charge in [0.15, 0.2) is 0 Å². The molecular weight excluding hydrogens is 297 g/mol. The maximum atomic E-state index is 11.6. The van der Waals surface area contributed by atoms with Crippen molar-refractivity contribution in [1.82, 2.24) is 5.43 Å².